The molecule has 0 aliphatic rings. The molecule has 0 aliphatic carbocycles. The van der Waals surface area contributed by atoms with Gasteiger partial charge in [-0.3, -0.25) is 9.89 Å². The van der Waals surface area contributed by atoms with Crippen LogP contribution >= 0.6 is 0 Å². The van der Waals surface area contributed by atoms with Gasteiger partial charge < -0.3 is 11.1 Å². The van der Waals surface area contributed by atoms with Crippen LogP contribution in [0.25, 0.3) is 0 Å². The van der Waals surface area contributed by atoms with Crippen molar-refractivity contribution in [1.29, 1.82) is 0 Å². The van der Waals surface area contributed by atoms with Crippen LogP contribution in [0.4, 0.5) is 15.8 Å². The van der Waals surface area contributed by atoms with E-state index in [0.29, 0.717) is 5.69 Å². The molecule has 0 fully saturated rings. The molecule has 16 heavy (non-hydrogen) atoms. The molecule has 6 heteroatoms. The summed E-state index contributed by atoms with van der Waals surface area (Å²) in [6.45, 7) is 0. The Kier molecular flexibility index (Phi) is 2.55. The van der Waals surface area contributed by atoms with E-state index in [1.807, 2.05) is 0 Å². The highest BCUT2D eigenvalue weighted by Crippen LogP contribution is 2.15. The molecule has 2 aromatic rings. The molecule has 0 radical (unpaired) electrons. The number of benzene rings is 1. The number of nitrogens with zero attached hydrogens (tertiary/aromatic N) is 1. The predicted molar refractivity (Wildman–Crippen MR) is 57.4 cm³/mol. The van der Waals surface area contributed by atoms with Crippen molar-refractivity contribution in [3.8, 4) is 0 Å². The molecular formula is C10H9FN4O. The molecule has 0 bridgehead atoms. The molecule has 82 valence electrons. The van der Waals surface area contributed by atoms with Gasteiger partial charge in [0.1, 0.15) is 5.82 Å². The molecule has 1 aromatic carbocycles. The molecule has 0 unspecified atom stereocenters. The number of carbonyl (C=O) groups excluding carboxylic acids is 1. The van der Waals surface area contributed by atoms with Crippen LogP contribution in [0.3, 0.4) is 0 Å². The first-order chi connectivity index (χ1) is 7.66. The van der Waals surface area contributed by atoms with E-state index in [9.17, 15) is 9.18 Å². The van der Waals surface area contributed by atoms with Crippen LogP contribution < -0.4 is 11.1 Å². The van der Waals surface area contributed by atoms with Crippen LogP contribution in [-0.2, 0) is 0 Å². The maximum Gasteiger partial charge on any atom is 0.257 e. The highest BCUT2D eigenvalue weighted by atomic mass is 19.1. The van der Waals surface area contributed by atoms with Gasteiger partial charge in [0.05, 0.1) is 17.4 Å². The fourth-order valence-electron chi connectivity index (χ4n) is 1.26. The molecule has 1 heterocycles. The maximum absolute atomic E-state index is 12.8. The van der Waals surface area contributed by atoms with Crippen LogP contribution in [0.15, 0.2) is 30.6 Å². The summed E-state index contributed by atoms with van der Waals surface area (Å²) in [4.78, 5) is 11.7. The number of nitrogen functional groups attached to an aromatic ring is 1. The van der Waals surface area contributed by atoms with Crippen LogP contribution in [0.2, 0.25) is 0 Å². The predicted octanol–water partition coefficient (Wildman–Crippen LogP) is 1.38. The Morgan fingerprint density at radius 2 is 2.31 bits per heavy atom. The third kappa shape index (κ3) is 2.00. The number of halogens is 1. The van der Waals surface area contributed by atoms with Crippen molar-refractivity contribution >= 4 is 17.3 Å². The smallest absolute Gasteiger partial charge is 0.257 e. The first-order valence-electron chi connectivity index (χ1n) is 4.52. The lowest BCUT2D eigenvalue weighted by molar-refractivity contribution is 0.102. The van der Waals surface area contributed by atoms with Gasteiger partial charge in [0.25, 0.3) is 5.91 Å². The number of H-pyrrole nitrogens is 1. The van der Waals surface area contributed by atoms with Crippen molar-refractivity contribution in [2.24, 2.45) is 0 Å². The molecule has 1 amide bonds. The molecule has 2 rings (SSSR count). The number of carbonyl (C=O) groups is 1. The quantitative estimate of drug-likeness (QED) is 0.668. The first kappa shape index (κ1) is 10.2. The monoisotopic (exact) mass is 220 g/mol. The second-order valence-corrected chi connectivity index (χ2v) is 3.17. The lowest BCUT2D eigenvalue weighted by Crippen LogP contribution is -2.13. The molecule has 0 saturated heterocycles. The molecule has 1 aromatic heterocycles. The number of aromatic nitrogens is 2. The summed E-state index contributed by atoms with van der Waals surface area (Å²) >= 11 is 0. The number of anilines is 2. The van der Waals surface area contributed by atoms with Gasteiger partial charge in [0.2, 0.25) is 0 Å². The van der Waals surface area contributed by atoms with Gasteiger partial charge in [-0.05, 0) is 18.2 Å². The number of nitrogens with one attached hydrogen (secondary N) is 2. The average molecular weight is 220 g/mol. The van der Waals surface area contributed by atoms with E-state index >= 15 is 0 Å². The topological polar surface area (TPSA) is 83.8 Å². The number of amides is 1. The van der Waals surface area contributed by atoms with E-state index in [0.717, 1.165) is 6.07 Å². The second kappa shape index (κ2) is 4.01. The molecule has 0 saturated carbocycles. The SMILES string of the molecule is Nc1cc(F)ccc1C(=O)Nc1cn[nH]c1. The molecule has 5 nitrogen and oxygen atoms in total. The Hall–Kier alpha value is -2.37. The Bertz CT molecular complexity index is 510. The fraction of sp³-hybridized carbons (Fsp3) is 0. The van der Waals surface area contributed by atoms with Crippen molar-refractivity contribution in [2.75, 3.05) is 11.1 Å². The van der Waals surface area contributed by atoms with Crippen molar-refractivity contribution in [3.05, 3.63) is 42.0 Å². The fourth-order valence-corrected chi connectivity index (χ4v) is 1.26. The Morgan fingerprint density at radius 3 is 2.94 bits per heavy atom. The average Bonchev–Trinajstić information content (AvgIpc) is 2.70. The molecular weight excluding hydrogens is 211 g/mol. The van der Waals surface area contributed by atoms with Gasteiger partial charge in [0, 0.05) is 11.9 Å². The number of hydrogen-bond acceptors (Lipinski definition) is 3. The van der Waals surface area contributed by atoms with Gasteiger partial charge in [-0.2, -0.15) is 5.10 Å². The van der Waals surface area contributed by atoms with Crippen LogP contribution in [0.1, 0.15) is 10.4 Å². The van der Waals surface area contributed by atoms with Crippen molar-refractivity contribution in [3.63, 3.8) is 0 Å². The second-order valence-electron chi connectivity index (χ2n) is 3.17. The lowest BCUT2D eigenvalue weighted by Gasteiger charge is -2.05. The van der Waals surface area contributed by atoms with Crippen LogP contribution in [0, 0.1) is 5.82 Å². The summed E-state index contributed by atoms with van der Waals surface area (Å²) in [6, 6.07) is 3.62. The van der Waals surface area contributed by atoms with E-state index in [1.165, 1.54) is 24.5 Å². The highest BCUT2D eigenvalue weighted by molar-refractivity contribution is 6.07. The minimum Gasteiger partial charge on any atom is -0.398 e. The summed E-state index contributed by atoms with van der Waals surface area (Å²) in [6.07, 6.45) is 2.98. The zero-order valence-electron chi connectivity index (χ0n) is 8.20. The molecule has 0 spiro atoms. The van der Waals surface area contributed by atoms with E-state index in [1.54, 1.807) is 0 Å². The summed E-state index contributed by atoms with van der Waals surface area (Å²) in [5.74, 6) is -0.878. The van der Waals surface area contributed by atoms with Crippen LogP contribution in [0.5, 0.6) is 0 Å². The number of aromatic amines is 1. The zero-order chi connectivity index (χ0) is 11.5. The molecule has 4 N–H and O–H groups in total. The summed E-state index contributed by atoms with van der Waals surface area (Å²) in [5, 5.41) is 8.79. The maximum atomic E-state index is 12.8. The number of hydrogen-bond donors (Lipinski definition) is 3. The van der Waals surface area contributed by atoms with Gasteiger partial charge in [-0.1, -0.05) is 0 Å². The van der Waals surface area contributed by atoms with Gasteiger partial charge >= 0.3 is 0 Å². The Labute approximate surface area is 90.5 Å². The van der Waals surface area contributed by atoms with Gasteiger partial charge in [0.15, 0.2) is 0 Å². The summed E-state index contributed by atoms with van der Waals surface area (Å²) in [5.41, 5.74) is 6.37. The standard InChI is InChI=1S/C10H9FN4O/c11-6-1-2-8(9(12)3-6)10(16)15-7-4-13-14-5-7/h1-5H,12H2,(H,13,14)(H,15,16). The van der Waals surface area contributed by atoms with E-state index in [-0.39, 0.29) is 11.3 Å². The van der Waals surface area contributed by atoms with Crippen LogP contribution in [-0.4, -0.2) is 16.1 Å². The lowest BCUT2D eigenvalue weighted by atomic mass is 10.1. The minimum absolute atomic E-state index is 0.0981. The largest absolute Gasteiger partial charge is 0.398 e. The summed E-state index contributed by atoms with van der Waals surface area (Å²) in [7, 11) is 0. The normalized spacial score (nSPS) is 10.1. The molecule has 0 atom stereocenters. The van der Waals surface area contributed by atoms with Crippen molar-refractivity contribution in [1.82, 2.24) is 10.2 Å². The van der Waals surface area contributed by atoms with E-state index in [2.05, 4.69) is 15.5 Å². The van der Waals surface area contributed by atoms with Gasteiger partial charge in [-0.15, -0.1) is 0 Å². The van der Waals surface area contributed by atoms with Crippen molar-refractivity contribution < 1.29 is 9.18 Å². The Morgan fingerprint density at radius 1 is 1.50 bits per heavy atom. The first-order valence-corrected chi connectivity index (χ1v) is 4.52. The number of rotatable bonds is 2. The number of nitrogens with two attached hydrogens (primary N) is 1. The minimum atomic E-state index is -0.475. The van der Waals surface area contributed by atoms with Crippen molar-refractivity contribution in [2.45, 2.75) is 0 Å². The van der Waals surface area contributed by atoms with Gasteiger partial charge in [-0.25, -0.2) is 4.39 Å². The third-order valence-corrected chi connectivity index (χ3v) is 2.01. The summed E-state index contributed by atoms with van der Waals surface area (Å²) < 4.78 is 12.8. The zero-order valence-corrected chi connectivity index (χ0v) is 8.20. The molecule has 0 aliphatic heterocycles. The van der Waals surface area contributed by atoms with E-state index < -0.39 is 11.7 Å². The Balaban J connectivity index is 2.21. The third-order valence-electron chi connectivity index (χ3n) is 2.01. The van der Waals surface area contributed by atoms with E-state index in [4.69, 9.17) is 5.73 Å². The highest BCUT2D eigenvalue weighted by Gasteiger charge is 2.10.